The van der Waals surface area contributed by atoms with E-state index in [-0.39, 0.29) is 5.56 Å². The van der Waals surface area contributed by atoms with Crippen LogP contribution in [0.5, 0.6) is 0 Å². The second-order valence-electron chi connectivity index (χ2n) is 6.13. The van der Waals surface area contributed by atoms with Crippen LogP contribution >= 0.6 is 23.4 Å². The highest BCUT2D eigenvalue weighted by Crippen LogP contribution is 2.26. The van der Waals surface area contributed by atoms with Gasteiger partial charge in [0.1, 0.15) is 0 Å². The Morgan fingerprint density at radius 3 is 2.74 bits per heavy atom. The van der Waals surface area contributed by atoms with Crippen LogP contribution in [0.2, 0.25) is 5.02 Å². The zero-order chi connectivity index (χ0) is 18.8. The maximum Gasteiger partial charge on any atom is 0.266 e. The Morgan fingerprint density at radius 2 is 1.96 bits per heavy atom. The van der Waals surface area contributed by atoms with Crippen LogP contribution in [0.15, 0.2) is 76.9 Å². The fourth-order valence-corrected chi connectivity index (χ4v) is 4.00. The van der Waals surface area contributed by atoms with Crippen molar-refractivity contribution in [1.29, 1.82) is 0 Å². The summed E-state index contributed by atoms with van der Waals surface area (Å²) in [5.74, 6) is 0.665. The predicted octanol–water partition coefficient (Wildman–Crippen LogP) is 5.03. The molecule has 0 aliphatic heterocycles. The van der Waals surface area contributed by atoms with Crippen molar-refractivity contribution in [3.63, 3.8) is 0 Å². The monoisotopic (exact) mass is 393 g/mol. The molecule has 0 saturated heterocycles. The first-order valence-electron chi connectivity index (χ1n) is 8.43. The molecule has 0 unspecified atom stereocenters. The summed E-state index contributed by atoms with van der Waals surface area (Å²) in [5, 5.41) is 1.74. The van der Waals surface area contributed by atoms with Gasteiger partial charge in [0, 0.05) is 23.2 Å². The van der Waals surface area contributed by atoms with Crippen molar-refractivity contribution >= 4 is 34.3 Å². The van der Waals surface area contributed by atoms with Crippen molar-refractivity contribution in [3.05, 3.63) is 93.5 Å². The van der Waals surface area contributed by atoms with Crippen LogP contribution in [0.4, 0.5) is 0 Å². The van der Waals surface area contributed by atoms with Crippen LogP contribution < -0.4 is 5.56 Å². The molecule has 0 saturated carbocycles. The van der Waals surface area contributed by atoms with Crippen molar-refractivity contribution in [2.75, 3.05) is 0 Å². The van der Waals surface area contributed by atoms with Gasteiger partial charge >= 0.3 is 0 Å². The Labute approximate surface area is 165 Å². The number of aryl methyl sites for hydroxylation is 1. The topological polar surface area (TPSA) is 47.8 Å². The molecule has 0 radical (unpaired) electrons. The highest BCUT2D eigenvalue weighted by atomic mass is 35.5. The molecule has 0 spiro atoms. The van der Waals surface area contributed by atoms with E-state index in [1.54, 1.807) is 29.0 Å². The molecule has 0 aliphatic carbocycles. The molecule has 2 aromatic heterocycles. The minimum absolute atomic E-state index is 0.0975. The van der Waals surface area contributed by atoms with Crippen LogP contribution in [0.1, 0.15) is 11.1 Å². The third-order valence-corrected chi connectivity index (χ3v) is 5.49. The maximum absolute atomic E-state index is 13.3. The zero-order valence-corrected chi connectivity index (χ0v) is 16.2. The summed E-state index contributed by atoms with van der Waals surface area (Å²) in [6.45, 7) is 1.99. The number of pyridine rings is 1. The highest BCUT2D eigenvalue weighted by Gasteiger charge is 2.15. The lowest BCUT2D eigenvalue weighted by Crippen LogP contribution is -2.22. The molecule has 0 atom stereocenters. The van der Waals surface area contributed by atoms with Gasteiger partial charge in [-0.1, -0.05) is 47.6 Å². The molecule has 134 valence electrons. The van der Waals surface area contributed by atoms with Gasteiger partial charge < -0.3 is 0 Å². The van der Waals surface area contributed by atoms with Gasteiger partial charge in [0.2, 0.25) is 0 Å². The van der Waals surface area contributed by atoms with Crippen molar-refractivity contribution in [2.24, 2.45) is 0 Å². The number of fused-ring (bicyclic) bond motifs is 1. The number of thioether (sulfide) groups is 1. The van der Waals surface area contributed by atoms with Gasteiger partial charge in [-0.25, -0.2) is 4.98 Å². The second kappa shape index (κ2) is 7.55. The Hall–Kier alpha value is -2.63. The van der Waals surface area contributed by atoms with Gasteiger partial charge in [0.15, 0.2) is 5.16 Å². The summed E-state index contributed by atoms with van der Waals surface area (Å²) in [7, 11) is 0. The van der Waals surface area contributed by atoms with E-state index >= 15 is 0 Å². The van der Waals surface area contributed by atoms with Crippen LogP contribution in [0.3, 0.4) is 0 Å². The molecule has 0 amide bonds. The van der Waals surface area contributed by atoms with E-state index in [4.69, 9.17) is 16.6 Å². The maximum atomic E-state index is 13.3. The molecule has 0 aliphatic rings. The predicted molar refractivity (Wildman–Crippen MR) is 111 cm³/mol. The third kappa shape index (κ3) is 3.61. The largest absolute Gasteiger partial charge is 0.268 e. The number of hydrogen-bond donors (Lipinski definition) is 0. The van der Waals surface area contributed by atoms with Crippen molar-refractivity contribution in [1.82, 2.24) is 14.5 Å². The van der Waals surface area contributed by atoms with Crippen molar-refractivity contribution in [3.8, 4) is 5.69 Å². The molecule has 0 N–H and O–H groups in total. The van der Waals surface area contributed by atoms with Crippen molar-refractivity contribution in [2.45, 2.75) is 17.8 Å². The average Bonchev–Trinajstić information content (AvgIpc) is 2.68. The number of benzene rings is 2. The fraction of sp³-hybridized carbons (Fsp3) is 0.0952. The quantitative estimate of drug-likeness (QED) is 0.360. The van der Waals surface area contributed by atoms with E-state index < -0.39 is 0 Å². The molecule has 6 heteroatoms. The summed E-state index contributed by atoms with van der Waals surface area (Å²) in [6.07, 6.45) is 3.56. The Bertz CT molecular complexity index is 1180. The molecule has 4 aromatic rings. The number of aromatic nitrogens is 3. The molecular weight excluding hydrogens is 378 g/mol. The molecule has 27 heavy (non-hydrogen) atoms. The summed E-state index contributed by atoms with van der Waals surface area (Å²) in [4.78, 5) is 22.2. The molecule has 4 nitrogen and oxygen atoms in total. The van der Waals surface area contributed by atoms with Gasteiger partial charge in [0.25, 0.3) is 5.56 Å². The van der Waals surface area contributed by atoms with Crippen LogP contribution in [0.25, 0.3) is 16.6 Å². The van der Waals surface area contributed by atoms with Gasteiger partial charge in [-0.05, 0) is 48.4 Å². The lowest BCUT2D eigenvalue weighted by atomic mass is 10.2. The van der Waals surface area contributed by atoms with Gasteiger partial charge in [-0.15, -0.1) is 0 Å². The molecular formula is C21H16ClN3OS. The average molecular weight is 394 g/mol. The summed E-state index contributed by atoms with van der Waals surface area (Å²) >= 11 is 7.62. The number of rotatable bonds is 4. The first-order chi connectivity index (χ1) is 13.1. The molecule has 0 fully saturated rings. The summed E-state index contributed by atoms with van der Waals surface area (Å²) < 4.78 is 1.69. The Balaban J connectivity index is 1.90. The van der Waals surface area contributed by atoms with Crippen LogP contribution in [-0.4, -0.2) is 14.5 Å². The van der Waals surface area contributed by atoms with E-state index in [0.717, 1.165) is 16.8 Å². The Morgan fingerprint density at radius 1 is 1.11 bits per heavy atom. The SMILES string of the molecule is Cc1ccccc1-n1c(SCc2cccnc2)nc2cc(Cl)ccc2c1=O. The van der Waals surface area contributed by atoms with Gasteiger partial charge in [-0.3, -0.25) is 14.3 Å². The lowest BCUT2D eigenvalue weighted by Gasteiger charge is -2.15. The van der Waals surface area contributed by atoms with E-state index in [1.807, 2.05) is 49.5 Å². The standard InChI is InChI=1S/C21H16ClN3OS/c1-14-5-2-3-7-19(14)25-20(26)17-9-8-16(22)11-18(17)24-21(25)27-13-15-6-4-10-23-12-15/h2-12H,13H2,1H3. The number of halogens is 1. The smallest absolute Gasteiger partial charge is 0.266 e. The minimum atomic E-state index is -0.0975. The van der Waals surface area contributed by atoms with E-state index in [9.17, 15) is 4.79 Å². The van der Waals surface area contributed by atoms with E-state index in [1.165, 1.54) is 11.8 Å². The third-order valence-electron chi connectivity index (χ3n) is 4.25. The zero-order valence-electron chi connectivity index (χ0n) is 14.6. The Kier molecular flexibility index (Phi) is 4.97. The number of para-hydroxylation sites is 1. The van der Waals surface area contributed by atoms with Gasteiger partial charge in [-0.2, -0.15) is 0 Å². The van der Waals surface area contributed by atoms with Crippen LogP contribution in [-0.2, 0) is 5.75 Å². The van der Waals surface area contributed by atoms with Crippen LogP contribution in [0, 0.1) is 6.92 Å². The molecule has 0 bridgehead atoms. The molecule has 2 aromatic carbocycles. The summed E-state index contributed by atoms with van der Waals surface area (Å²) in [5.41, 5.74) is 3.42. The van der Waals surface area contributed by atoms with E-state index in [2.05, 4.69) is 4.98 Å². The minimum Gasteiger partial charge on any atom is -0.268 e. The highest BCUT2D eigenvalue weighted by molar-refractivity contribution is 7.98. The summed E-state index contributed by atoms with van der Waals surface area (Å²) in [6, 6.07) is 16.9. The lowest BCUT2D eigenvalue weighted by molar-refractivity contribution is 0.814. The number of nitrogens with zero attached hydrogens (tertiary/aromatic N) is 3. The molecule has 2 heterocycles. The number of hydrogen-bond acceptors (Lipinski definition) is 4. The first kappa shape index (κ1) is 17.8. The van der Waals surface area contributed by atoms with Crippen molar-refractivity contribution < 1.29 is 0 Å². The normalized spacial score (nSPS) is 11.0. The van der Waals surface area contributed by atoms with Gasteiger partial charge in [0.05, 0.1) is 16.6 Å². The second-order valence-corrected chi connectivity index (χ2v) is 7.51. The fourth-order valence-electron chi connectivity index (χ4n) is 2.89. The first-order valence-corrected chi connectivity index (χ1v) is 9.80. The molecule has 4 rings (SSSR count). The van der Waals surface area contributed by atoms with E-state index in [0.29, 0.717) is 26.8 Å².